The number of ether oxygens (including phenoxy) is 1. The molecule has 19 heavy (non-hydrogen) atoms. The summed E-state index contributed by atoms with van der Waals surface area (Å²) in [4.78, 5) is 33.6. The van der Waals surface area contributed by atoms with Crippen LogP contribution in [-0.2, 0) is 19.1 Å². The van der Waals surface area contributed by atoms with Gasteiger partial charge in [-0.25, -0.2) is 4.79 Å². The molecule has 1 aliphatic heterocycles. The van der Waals surface area contributed by atoms with Crippen molar-refractivity contribution < 1.29 is 24.2 Å². The summed E-state index contributed by atoms with van der Waals surface area (Å²) in [5.74, 6) is -1.51. The van der Waals surface area contributed by atoms with Crippen molar-refractivity contribution in [1.82, 2.24) is 10.6 Å². The molecule has 1 aliphatic rings. The Morgan fingerprint density at radius 2 is 1.84 bits per heavy atom. The van der Waals surface area contributed by atoms with E-state index in [4.69, 9.17) is 9.84 Å². The maximum absolute atomic E-state index is 11.6. The zero-order valence-corrected chi connectivity index (χ0v) is 11.0. The van der Waals surface area contributed by atoms with E-state index in [1.165, 1.54) is 0 Å². The lowest BCUT2D eigenvalue weighted by molar-refractivity contribution is -0.151. The zero-order chi connectivity index (χ0) is 14.3. The van der Waals surface area contributed by atoms with E-state index in [1.54, 1.807) is 0 Å². The maximum atomic E-state index is 11.6. The molecule has 2 atom stereocenters. The Hall–Kier alpha value is -1.63. The first-order valence-electron chi connectivity index (χ1n) is 6.47. The summed E-state index contributed by atoms with van der Waals surface area (Å²) in [5.41, 5.74) is 0. The monoisotopic (exact) mass is 272 g/mol. The number of carbonyl (C=O) groups excluding carboxylic acids is 2. The first-order chi connectivity index (χ1) is 9.04. The van der Waals surface area contributed by atoms with E-state index in [1.807, 2.05) is 6.92 Å². The summed E-state index contributed by atoms with van der Waals surface area (Å²) in [7, 11) is 0. The summed E-state index contributed by atoms with van der Waals surface area (Å²) in [6.07, 6.45) is 0.184. The number of carboxylic acids is 1. The predicted octanol–water partition coefficient (Wildman–Crippen LogP) is -0.349. The number of carboxylic acid groups (broad SMARTS) is 1. The molecule has 1 rings (SSSR count). The molecule has 3 N–H and O–H groups in total. The standard InChI is InChI=1S/C12H20N2O5/c1-2-6-13-10(15)5-7-14-11(16)8-3-4-9(19-8)12(17)18/h8-9H,2-7H2,1H3,(H,13,15)(H,14,16)(H,17,18). The second kappa shape index (κ2) is 7.73. The summed E-state index contributed by atoms with van der Waals surface area (Å²) >= 11 is 0. The molecule has 0 saturated carbocycles. The number of carbonyl (C=O) groups is 3. The molecule has 2 unspecified atom stereocenters. The van der Waals surface area contributed by atoms with E-state index in [0.29, 0.717) is 19.4 Å². The lowest BCUT2D eigenvalue weighted by Gasteiger charge is -2.11. The van der Waals surface area contributed by atoms with Gasteiger partial charge < -0.3 is 20.5 Å². The Bertz CT molecular complexity index is 345. The highest BCUT2D eigenvalue weighted by atomic mass is 16.5. The van der Waals surface area contributed by atoms with Gasteiger partial charge in [0.2, 0.25) is 11.8 Å². The van der Waals surface area contributed by atoms with Crippen molar-refractivity contribution in [2.75, 3.05) is 13.1 Å². The van der Waals surface area contributed by atoms with Gasteiger partial charge in [-0.1, -0.05) is 6.92 Å². The van der Waals surface area contributed by atoms with Gasteiger partial charge in [0.25, 0.3) is 0 Å². The lowest BCUT2D eigenvalue weighted by atomic mass is 10.2. The molecular formula is C12H20N2O5. The van der Waals surface area contributed by atoms with Crippen LogP contribution in [0.2, 0.25) is 0 Å². The van der Waals surface area contributed by atoms with E-state index in [9.17, 15) is 14.4 Å². The number of aliphatic carboxylic acids is 1. The van der Waals surface area contributed by atoms with E-state index in [0.717, 1.165) is 6.42 Å². The molecular weight excluding hydrogens is 252 g/mol. The molecule has 0 aromatic carbocycles. The van der Waals surface area contributed by atoms with Crippen molar-refractivity contribution in [1.29, 1.82) is 0 Å². The second-order valence-corrected chi connectivity index (χ2v) is 4.42. The first-order valence-corrected chi connectivity index (χ1v) is 6.47. The van der Waals surface area contributed by atoms with Gasteiger partial charge in [0.1, 0.15) is 6.10 Å². The van der Waals surface area contributed by atoms with Crippen molar-refractivity contribution in [3.05, 3.63) is 0 Å². The van der Waals surface area contributed by atoms with E-state index < -0.39 is 18.2 Å². The van der Waals surface area contributed by atoms with Crippen molar-refractivity contribution in [3.63, 3.8) is 0 Å². The molecule has 1 fully saturated rings. The predicted molar refractivity (Wildman–Crippen MR) is 66.5 cm³/mol. The van der Waals surface area contributed by atoms with E-state index in [2.05, 4.69) is 10.6 Å². The average molecular weight is 272 g/mol. The molecule has 0 aromatic heterocycles. The third-order valence-electron chi connectivity index (χ3n) is 2.81. The van der Waals surface area contributed by atoms with Gasteiger partial charge in [-0.05, 0) is 19.3 Å². The van der Waals surface area contributed by atoms with Crippen molar-refractivity contribution >= 4 is 17.8 Å². The highest BCUT2D eigenvalue weighted by Crippen LogP contribution is 2.19. The van der Waals surface area contributed by atoms with Crippen LogP contribution < -0.4 is 10.6 Å². The minimum absolute atomic E-state index is 0.113. The van der Waals surface area contributed by atoms with Gasteiger partial charge >= 0.3 is 5.97 Å². The molecule has 0 aliphatic carbocycles. The number of nitrogens with one attached hydrogen (secondary N) is 2. The lowest BCUT2D eigenvalue weighted by Crippen LogP contribution is -2.37. The van der Waals surface area contributed by atoms with Crippen LogP contribution in [0.1, 0.15) is 32.6 Å². The fourth-order valence-corrected chi connectivity index (χ4v) is 1.78. The molecule has 108 valence electrons. The Kier molecular flexibility index (Phi) is 6.27. The van der Waals surface area contributed by atoms with Gasteiger partial charge in [0, 0.05) is 19.5 Å². The van der Waals surface area contributed by atoms with E-state index >= 15 is 0 Å². The molecule has 7 nitrogen and oxygen atoms in total. The average Bonchev–Trinajstić information content (AvgIpc) is 2.86. The van der Waals surface area contributed by atoms with Gasteiger partial charge in [0.05, 0.1) is 0 Å². The largest absolute Gasteiger partial charge is 0.479 e. The zero-order valence-electron chi connectivity index (χ0n) is 11.0. The highest BCUT2D eigenvalue weighted by Gasteiger charge is 2.34. The summed E-state index contributed by atoms with van der Waals surface area (Å²) in [6, 6.07) is 0. The molecule has 0 aromatic rings. The molecule has 0 bridgehead atoms. The molecule has 0 radical (unpaired) electrons. The molecule has 7 heteroatoms. The third kappa shape index (κ3) is 5.25. The molecule has 2 amide bonds. The topological polar surface area (TPSA) is 105 Å². The van der Waals surface area contributed by atoms with Crippen LogP contribution in [0.5, 0.6) is 0 Å². The number of hydrogen-bond donors (Lipinski definition) is 3. The van der Waals surface area contributed by atoms with Crippen molar-refractivity contribution in [2.45, 2.75) is 44.8 Å². The number of amides is 2. The summed E-state index contributed by atoms with van der Waals surface area (Å²) in [6.45, 7) is 2.81. The van der Waals surface area contributed by atoms with Crippen LogP contribution in [0.3, 0.4) is 0 Å². The number of rotatable bonds is 7. The maximum Gasteiger partial charge on any atom is 0.332 e. The number of hydrogen-bond acceptors (Lipinski definition) is 4. The van der Waals surface area contributed by atoms with Crippen molar-refractivity contribution in [2.24, 2.45) is 0 Å². The van der Waals surface area contributed by atoms with Gasteiger partial charge in [-0.3, -0.25) is 9.59 Å². The third-order valence-corrected chi connectivity index (χ3v) is 2.81. The van der Waals surface area contributed by atoms with Crippen LogP contribution in [0.4, 0.5) is 0 Å². The van der Waals surface area contributed by atoms with Gasteiger partial charge in [-0.2, -0.15) is 0 Å². The fraction of sp³-hybridized carbons (Fsp3) is 0.750. The van der Waals surface area contributed by atoms with Crippen LogP contribution in [0.25, 0.3) is 0 Å². The normalized spacial score (nSPS) is 21.9. The molecule has 0 spiro atoms. The van der Waals surface area contributed by atoms with Gasteiger partial charge in [0.15, 0.2) is 6.10 Å². The smallest absolute Gasteiger partial charge is 0.332 e. The Balaban J connectivity index is 2.18. The molecule has 1 saturated heterocycles. The van der Waals surface area contributed by atoms with Crippen molar-refractivity contribution in [3.8, 4) is 0 Å². The minimum Gasteiger partial charge on any atom is -0.479 e. The van der Waals surface area contributed by atoms with Gasteiger partial charge in [-0.15, -0.1) is 0 Å². The Morgan fingerprint density at radius 1 is 1.16 bits per heavy atom. The van der Waals surface area contributed by atoms with Crippen LogP contribution in [-0.4, -0.2) is 48.2 Å². The first kappa shape index (κ1) is 15.4. The van der Waals surface area contributed by atoms with E-state index in [-0.39, 0.29) is 24.8 Å². The van der Waals surface area contributed by atoms with Crippen LogP contribution in [0.15, 0.2) is 0 Å². The Morgan fingerprint density at radius 3 is 2.42 bits per heavy atom. The Labute approximate surface area is 111 Å². The SMILES string of the molecule is CCCNC(=O)CCNC(=O)C1CCC(C(=O)O)O1. The quantitative estimate of drug-likeness (QED) is 0.587. The van der Waals surface area contributed by atoms with Crippen LogP contribution >= 0.6 is 0 Å². The summed E-state index contributed by atoms with van der Waals surface area (Å²) in [5, 5.41) is 14.0. The molecule has 1 heterocycles. The van der Waals surface area contributed by atoms with Crippen LogP contribution in [0, 0.1) is 0 Å². The minimum atomic E-state index is -1.05. The summed E-state index contributed by atoms with van der Waals surface area (Å²) < 4.78 is 5.09. The second-order valence-electron chi connectivity index (χ2n) is 4.42. The highest BCUT2D eigenvalue weighted by molar-refractivity contribution is 5.83. The fourth-order valence-electron chi connectivity index (χ4n) is 1.78.